The molecule has 0 radical (unpaired) electrons. The van der Waals surface area contributed by atoms with Gasteiger partial charge in [-0.25, -0.2) is 4.98 Å². The standard InChI is InChI=1S/C17H24N4/c1-13-11-14(2)20-17(16(13)12-18-3)21(4)10-8-15-7-5-6-9-19-15/h5-7,9,11,18H,8,10,12H2,1-4H3. The van der Waals surface area contributed by atoms with Crippen LogP contribution in [0.15, 0.2) is 30.5 Å². The Morgan fingerprint density at radius 2 is 2.05 bits per heavy atom. The van der Waals surface area contributed by atoms with E-state index in [-0.39, 0.29) is 0 Å². The van der Waals surface area contributed by atoms with E-state index in [2.05, 4.69) is 41.3 Å². The summed E-state index contributed by atoms with van der Waals surface area (Å²) in [6.45, 7) is 5.94. The Morgan fingerprint density at radius 1 is 1.24 bits per heavy atom. The SMILES string of the molecule is CNCc1c(C)cc(C)nc1N(C)CCc1ccccn1. The average molecular weight is 284 g/mol. The van der Waals surface area contributed by atoms with Crippen molar-refractivity contribution in [2.75, 3.05) is 25.5 Å². The maximum absolute atomic E-state index is 4.73. The van der Waals surface area contributed by atoms with Crippen molar-refractivity contribution in [2.45, 2.75) is 26.8 Å². The van der Waals surface area contributed by atoms with Crippen LogP contribution in [0.5, 0.6) is 0 Å². The molecule has 112 valence electrons. The monoisotopic (exact) mass is 284 g/mol. The van der Waals surface area contributed by atoms with E-state index in [1.807, 2.05) is 32.3 Å². The molecule has 2 aromatic rings. The number of aromatic nitrogens is 2. The van der Waals surface area contributed by atoms with Crippen molar-refractivity contribution in [1.82, 2.24) is 15.3 Å². The van der Waals surface area contributed by atoms with Gasteiger partial charge < -0.3 is 10.2 Å². The smallest absolute Gasteiger partial charge is 0.133 e. The topological polar surface area (TPSA) is 41.1 Å². The highest BCUT2D eigenvalue weighted by Gasteiger charge is 2.12. The van der Waals surface area contributed by atoms with Gasteiger partial charge in [-0.15, -0.1) is 0 Å². The van der Waals surface area contributed by atoms with Gasteiger partial charge in [0.1, 0.15) is 5.82 Å². The number of hydrogen-bond acceptors (Lipinski definition) is 4. The molecule has 0 amide bonds. The minimum atomic E-state index is 0.836. The molecular formula is C17H24N4. The largest absolute Gasteiger partial charge is 0.359 e. The van der Waals surface area contributed by atoms with E-state index in [1.54, 1.807) is 0 Å². The van der Waals surface area contributed by atoms with Crippen molar-refractivity contribution < 1.29 is 0 Å². The molecule has 4 heteroatoms. The summed E-state index contributed by atoms with van der Waals surface area (Å²) in [5, 5.41) is 3.23. The molecule has 0 atom stereocenters. The van der Waals surface area contributed by atoms with Crippen molar-refractivity contribution in [3.05, 3.63) is 53.0 Å². The second-order valence-electron chi connectivity index (χ2n) is 5.41. The number of aryl methyl sites for hydroxylation is 2. The van der Waals surface area contributed by atoms with Gasteiger partial charge in [-0.3, -0.25) is 4.98 Å². The van der Waals surface area contributed by atoms with Crippen LogP contribution in [-0.2, 0) is 13.0 Å². The molecule has 1 N–H and O–H groups in total. The summed E-state index contributed by atoms with van der Waals surface area (Å²) in [4.78, 5) is 11.3. The van der Waals surface area contributed by atoms with Crippen molar-refractivity contribution in [2.24, 2.45) is 0 Å². The first-order chi connectivity index (χ1) is 10.1. The molecule has 0 aliphatic rings. The third-order valence-electron chi connectivity index (χ3n) is 3.60. The zero-order valence-corrected chi connectivity index (χ0v) is 13.3. The molecular weight excluding hydrogens is 260 g/mol. The number of likely N-dealkylation sites (N-methyl/N-ethyl adjacent to an activating group) is 1. The van der Waals surface area contributed by atoms with Crippen molar-refractivity contribution in [1.29, 1.82) is 0 Å². The van der Waals surface area contributed by atoms with Crippen molar-refractivity contribution >= 4 is 5.82 Å². The molecule has 21 heavy (non-hydrogen) atoms. The van der Waals surface area contributed by atoms with Crippen LogP contribution in [0.1, 0.15) is 22.5 Å². The highest BCUT2D eigenvalue weighted by Crippen LogP contribution is 2.21. The molecule has 0 bridgehead atoms. The summed E-state index contributed by atoms with van der Waals surface area (Å²) in [5.74, 6) is 1.07. The molecule has 0 aliphatic carbocycles. The zero-order valence-electron chi connectivity index (χ0n) is 13.3. The Bertz CT molecular complexity index is 581. The third kappa shape index (κ3) is 4.02. The third-order valence-corrected chi connectivity index (χ3v) is 3.60. The molecule has 2 rings (SSSR count). The van der Waals surface area contributed by atoms with Crippen molar-refractivity contribution in [3.8, 4) is 0 Å². The summed E-state index contributed by atoms with van der Waals surface area (Å²) >= 11 is 0. The Balaban J connectivity index is 2.16. The van der Waals surface area contributed by atoms with E-state index < -0.39 is 0 Å². The highest BCUT2D eigenvalue weighted by molar-refractivity contribution is 5.51. The predicted octanol–water partition coefficient (Wildman–Crippen LogP) is 2.49. The minimum Gasteiger partial charge on any atom is -0.359 e. The quantitative estimate of drug-likeness (QED) is 0.885. The fourth-order valence-corrected chi connectivity index (χ4v) is 2.49. The van der Waals surface area contributed by atoms with Gasteiger partial charge >= 0.3 is 0 Å². The number of hydrogen-bond donors (Lipinski definition) is 1. The van der Waals surface area contributed by atoms with Crippen LogP contribution in [0.2, 0.25) is 0 Å². The van der Waals surface area contributed by atoms with Gasteiger partial charge in [0.2, 0.25) is 0 Å². The molecule has 2 aromatic heterocycles. The van der Waals surface area contributed by atoms with Crippen LogP contribution in [0.25, 0.3) is 0 Å². The van der Waals surface area contributed by atoms with Gasteiger partial charge in [-0.05, 0) is 44.7 Å². The summed E-state index contributed by atoms with van der Waals surface area (Å²) in [6, 6.07) is 8.19. The van der Waals surface area contributed by atoms with Gasteiger partial charge in [0, 0.05) is 49.7 Å². The summed E-state index contributed by atoms with van der Waals surface area (Å²) < 4.78 is 0. The first-order valence-corrected chi connectivity index (χ1v) is 7.34. The number of rotatable bonds is 6. The average Bonchev–Trinajstić information content (AvgIpc) is 2.48. The van der Waals surface area contributed by atoms with E-state index >= 15 is 0 Å². The fourth-order valence-electron chi connectivity index (χ4n) is 2.49. The first kappa shape index (κ1) is 15.4. The molecule has 0 aromatic carbocycles. The molecule has 0 spiro atoms. The summed E-state index contributed by atoms with van der Waals surface area (Å²) in [7, 11) is 4.07. The number of pyridine rings is 2. The van der Waals surface area contributed by atoms with Crippen LogP contribution >= 0.6 is 0 Å². The summed E-state index contributed by atoms with van der Waals surface area (Å²) in [5.41, 5.74) is 4.74. The minimum absolute atomic E-state index is 0.836. The molecule has 4 nitrogen and oxygen atoms in total. The van der Waals surface area contributed by atoms with Crippen molar-refractivity contribution in [3.63, 3.8) is 0 Å². The van der Waals surface area contributed by atoms with E-state index in [0.717, 1.165) is 36.7 Å². The second kappa shape index (κ2) is 7.18. The number of anilines is 1. The van der Waals surface area contributed by atoms with Gasteiger partial charge in [0.15, 0.2) is 0 Å². The van der Waals surface area contributed by atoms with E-state index in [1.165, 1.54) is 11.1 Å². The van der Waals surface area contributed by atoms with E-state index in [0.29, 0.717) is 0 Å². The lowest BCUT2D eigenvalue weighted by atomic mass is 10.1. The molecule has 0 aliphatic heterocycles. The van der Waals surface area contributed by atoms with Crippen LogP contribution in [0, 0.1) is 13.8 Å². The van der Waals surface area contributed by atoms with E-state index in [9.17, 15) is 0 Å². The maximum atomic E-state index is 4.73. The van der Waals surface area contributed by atoms with Gasteiger partial charge in [0.25, 0.3) is 0 Å². The van der Waals surface area contributed by atoms with Crippen LogP contribution in [0.3, 0.4) is 0 Å². The number of nitrogens with zero attached hydrogens (tertiary/aromatic N) is 3. The van der Waals surface area contributed by atoms with Crippen LogP contribution in [0.4, 0.5) is 5.82 Å². The molecule has 0 unspecified atom stereocenters. The fraction of sp³-hybridized carbons (Fsp3) is 0.412. The lowest BCUT2D eigenvalue weighted by Gasteiger charge is -2.23. The van der Waals surface area contributed by atoms with Gasteiger partial charge in [-0.2, -0.15) is 0 Å². The molecule has 0 saturated heterocycles. The van der Waals surface area contributed by atoms with Gasteiger partial charge in [-0.1, -0.05) is 6.07 Å². The Morgan fingerprint density at radius 3 is 2.71 bits per heavy atom. The summed E-state index contributed by atoms with van der Waals surface area (Å²) in [6.07, 6.45) is 2.77. The Kier molecular flexibility index (Phi) is 5.28. The highest BCUT2D eigenvalue weighted by atomic mass is 15.2. The second-order valence-corrected chi connectivity index (χ2v) is 5.41. The maximum Gasteiger partial charge on any atom is 0.133 e. The lowest BCUT2D eigenvalue weighted by Crippen LogP contribution is -2.25. The number of nitrogens with one attached hydrogen (secondary N) is 1. The van der Waals surface area contributed by atoms with Gasteiger partial charge in [0.05, 0.1) is 0 Å². The normalized spacial score (nSPS) is 10.7. The van der Waals surface area contributed by atoms with Crippen LogP contribution in [-0.4, -0.2) is 30.6 Å². The molecule has 0 saturated carbocycles. The lowest BCUT2D eigenvalue weighted by molar-refractivity contribution is 0.778. The van der Waals surface area contributed by atoms with E-state index in [4.69, 9.17) is 4.98 Å². The molecule has 0 fully saturated rings. The molecule has 2 heterocycles. The first-order valence-electron chi connectivity index (χ1n) is 7.34. The van der Waals surface area contributed by atoms with Crippen LogP contribution < -0.4 is 10.2 Å². The Labute approximate surface area is 127 Å². The zero-order chi connectivity index (χ0) is 15.2. The predicted molar refractivity (Wildman–Crippen MR) is 87.7 cm³/mol. The Hall–Kier alpha value is -1.94.